The van der Waals surface area contributed by atoms with Gasteiger partial charge in [-0.25, -0.2) is 9.97 Å². The number of fused-ring (bicyclic) bond motifs is 1. The molecular formula is C13H14N4S. The molecule has 0 amide bonds. The van der Waals surface area contributed by atoms with Crippen LogP contribution in [0, 0.1) is 0 Å². The maximum Gasteiger partial charge on any atom is 0.0995 e. The summed E-state index contributed by atoms with van der Waals surface area (Å²) in [5.41, 5.74) is 5.11. The third-order valence-corrected chi connectivity index (χ3v) is 3.60. The summed E-state index contributed by atoms with van der Waals surface area (Å²) in [6.07, 6.45) is 3.92. The quantitative estimate of drug-likeness (QED) is 0.782. The molecule has 0 fully saturated rings. The number of hydrogen-bond acceptors (Lipinski definition) is 4. The fourth-order valence-electron chi connectivity index (χ4n) is 1.85. The van der Waals surface area contributed by atoms with E-state index in [0.717, 1.165) is 30.0 Å². The minimum absolute atomic E-state index is 0.812. The Balaban J connectivity index is 1.90. The van der Waals surface area contributed by atoms with E-state index in [-0.39, 0.29) is 0 Å². The van der Waals surface area contributed by atoms with E-state index in [1.165, 1.54) is 4.70 Å². The first-order chi connectivity index (χ1) is 8.86. The third kappa shape index (κ3) is 2.14. The number of hydrogen-bond donors (Lipinski definition) is 1. The second-order valence-corrected chi connectivity index (χ2v) is 4.94. The smallest absolute Gasteiger partial charge is 0.0995 e. The Morgan fingerprint density at radius 1 is 1.33 bits per heavy atom. The van der Waals surface area contributed by atoms with Gasteiger partial charge in [0.05, 0.1) is 27.7 Å². The van der Waals surface area contributed by atoms with Crippen LogP contribution in [0.2, 0.25) is 0 Å². The van der Waals surface area contributed by atoms with Crippen LogP contribution < -0.4 is 5.32 Å². The minimum atomic E-state index is 0.812. The molecule has 0 aliphatic carbocycles. The Morgan fingerprint density at radius 3 is 3.17 bits per heavy atom. The highest BCUT2D eigenvalue weighted by Gasteiger charge is 2.03. The van der Waals surface area contributed by atoms with Gasteiger partial charge in [-0.2, -0.15) is 0 Å². The molecule has 0 bridgehead atoms. The van der Waals surface area contributed by atoms with Gasteiger partial charge in [0.2, 0.25) is 0 Å². The SMILES string of the molecule is CCNCc1cn(-c2ccc3ncsc3c2)cn1. The van der Waals surface area contributed by atoms with Crippen molar-refractivity contribution in [1.82, 2.24) is 19.9 Å². The van der Waals surface area contributed by atoms with E-state index < -0.39 is 0 Å². The van der Waals surface area contributed by atoms with Crippen LogP contribution in [0.3, 0.4) is 0 Å². The summed E-state index contributed by atoms with van der Waals surface area (Å²) in [6, 6.07) is 6.26. The zero-order valence-corrected chi connectivity index (χ0v) is 10.9. The van der Waals surface area contributed by atoms with Crippen molar-refractivity contribution in [2.45, 2.75) is 13.5 Å². The van der Waals surface area contributed by atoms with Crippen LogP contribution in [-0.2, 0) is 6.54 Å². The molecule has 5 heteroatoms. The monoisotopic (exact) mass is 258 g/mol. The lowest BCUT2D eigenvalue weighted by atomic mass is 10.3. The molecule has 0 saturated carbocycles. The Hall–Kier alpha value is -1.72. The number of benzene rings is 1. The topological polar surface area (TPSA) is 42.7 Å². The molecule has 18 heavy (non-hydrogen) atoms. The van der Waals surface area contributed by atoms with Crippen LogP contribution in [0.1, 0.15) is 12.6 Å². The largest absolute Gasteiger partial charge is 0.311 e. The zero-order chi connectivity index (χ0) is 12.4. The summed E-state index contributed by atoms with van der Waals surface area (Å²) < 4.78 is 3.25. The molecule has 4 nitrogen and oxygen atoms in total. The first-order valence-electron chi connectivity index (χ1n) is 5.94. The number of aromatic nitrogens is 3. The predicted octanol–water partition coefficient (Wildman–Crippen LogP) is 2.59. The standard InChI is InChI=1S/C13H14N4S/c1-2-14-6-10-7-17(8-15-10)11-3-4-12-13(5-11)18-9-16-12/h3-5,7-9,14H,2,6H2,1H3. The van der Waals surface area contributed by atoms with Crippen LogP contribution >= 0.6 is 11.3 Å². The van der Waals surface area contributed by atoms with Gasteiger partial charge in [-0.15, -0.1) is 11.3 Å². The second-order valence-electron chi connectivity index (χ2n) is 4.06. The van der Waals surface area contributed by atoms with E-state index >= 15 is 0 Å². The van der Waals surface area contributed by atoms with Crippen molar-refractivity contribution in [2.24, 2.45) is 0 Å². The number of rotatable bonds is 4. The summed E-state index contributed by atoms with van der Waals surface area (Å²) in [5, 5.41) is 3.27. The Labute approximate surface area is 109 Å². The van der Waals surface area contributed by atoms with Crippen molar-refractivity contribution in [3.05, 3.63) is 41.9 Å². The molecule has 1 aromatic carbocycles. The summed E-state index contributed by atoms with van der Waals surface area (Å²) in [5.74, 6) is 0. The first kappa shape index (κ1) is 11.4. The van der Waals surface area contributed by atoms with Crippen LogP contribution in [0.15, 0.2) is 36.2 Å². The molecule has 3 aromatic rings. The molecule has 3 rings (SSSR count). The van der Waals surface area contributed by atoms with Gasteiger partial charge >= 0.3 is 0 Å². The van der Waals surface area contributed by atoms with Gasteiger partial charge in [0, 0.05) is 18.4 Å². The summed E-state index contributed by atoms with van der Waals surface area (Å²) >= 11 is 1.66. The summed E-state index contributed by atoms with van der Waals surface area (Å²) in [4.78, 5) is 8.67. The van der Waals surface area contributed by atoms with Gasteiger partial charge in [0.25, 0.3) is 0 Å². The molecule has 2 aromatic heterocycles. The molecule has 0 unspecified atom stereocenters. The maximum absolute atomic E-state index is 4.39. The lowest BCUT2D eigenvalue weighted by Gasteiger charge is -2.01. The second kappa shape index (κ2) is 4.88. The van der Waals surface area contributed by atoms with Gasteiger partial charge in [-0.3, -0.25) is 0 Å². The van der Waals surface area contributed by atoms with Crippen molar-refractivity contribution >= 4 is 21.6 Å². The molecule has 92 valence electrons. The highest BCUT2D eigenvalue weighted by atomic mass is 32.1. The average molecular weight is 258 g/mol. The lowest BCUT2D eigenvalue weighted by molar-refractivity contribution is 0.713. The van der Waals surface area contributed by atoms with Crippen LogP contribution in [0.25, 0.3) is 15.9 Å². The molecule has 0 spiro atoms. The molecule has 0 atom stereocenters. The Bertz CT molecular complexity index is 656. The van der Waals surface area contributed by atoms with E-state index in [1.54, 1.807) is 11.3 Å². The summed E-state index contributed by atoms with van der Waals surface area (Å²) in [6.45, 7) is 3.86. The Morgan fingerprint density at radius 2 is 2.28 bits per heavy atom. The molecule has 0 saturated heterocycles. The van der Waals surface area contributed by atoms with Crippen molar-refractivity contribution in [2.75, 3.05) is 6.54 Å². The van der Waals surface area contributed by atoms with Gasteiger partial charge in [0.1, 0.15) is 0 Å². The van der Waals surface area contributed by atoms with Crippen molar-refractivity contribution in [1.29, 1.82) is 0 Å². The highest BCUT2D eigenvalue weighted by Crippen LogP contribution is 2.21. The average Bonchev–Trinajstić information content (AvgIpc) is 3.04. The third-order valence-electron chi connectivity index (χ3n) is 2.81. The van der Waals surface area contributed by atoms with Gasteiger partial charge in [0.15, 0.2) is 0 Å². The maximum atomic E-state index is 4.39. The minimum Gasteiger partial charge on any atom is -0.311 e. The molecule has 0 aliphatic heterocycles. The van der Waals surface area contributed by atoms with Gasteiger partial charge in [-0.1, -0.05) is 6.92 Å². The van der Waals surface area contributed by atoms with Crippen LogP contribution in [0.4, 0.5) is 0 Å². The normalized spacial score (nSPS) is 11.2. The van der Waals surface area contributed by atoms with Crippen LogP contribution in [-0.4, -0.2) is 21.1 Å². The fourth-order valence-corrected chi connectivity index (χ4v) is 2.56. The molecule has 0 aliphatic rings. The Kier molecular flexibility index (Phi) is 3.08. The number of nitrogens with one attached hydrogen (secondary N) is 1. The van der Waals surface area contributed by atoms with Crippen molar-refractivity contribution < 1.29 is 0 Å². The number of thiazole rings is 1. The fraction of sp³-hybridized carbons (Fsp3) is 0.231. The highest BCUT2D eigenvalue weighted by molar-refractivity contribution is 7.16. The van der Waals surface area contributed by atoms with Gasteiger partial charge < -0.3 is 9.88 Å². The zero-order valence-electron chi connectivity index (χ0n) is 10.1. The van der Waals surface area contributed by atoms with E-state index in [1.807, 2.05) is 22.5 Å². The predicted molar refractivity (Wildman–Crippen MR) is 74.1 cm³/mol. The van der Waals surface area contributed by atoms with Crippen LogP contribution in [0.5, 0.6) is 0 Å². The van der Waals surface area contributed by atoms with E-state index in [9.17, 15) is 0 Å². The molecular weight excluding hydrogens is 244 g/mol. The number of nitrogens with zero attached hydrogens (tertiary/aromatic N) is 3. The van der Waals surface area contributed by atoms with E-state index in [4.69, 9.17) is 0 Å². The number of imidazole rings is 1. The van der Waals surface area contributed by atoms with Crippen molar-refractivity contribution in [3.8, 4) is 5.69 Å². The van der Waals surface area contributed by atoms with E-state index in [0.29, 0.717) is 0 Å². The molecule has 1 N–H and O–H groups in total. The van der Waals surface area contributed by atoms with E-state index in [2.05, 4.69) is 40.5 Å². The van der Waals surface area contributed by atoms with Gasteiger partial charge in [-0.05, 0) is 24.7 Å². The molecule has 0 radical (unpaired) electrons. The first-order valence-corrected chi connectivity index (χ1v) is 6.82. The molecule has 2 heterocycles. The lowest BCUT2D eigenvalue weighted by Crippen LogP contribution is -2.11. The van der Waals surface area contributed by atoms with Crippen molar-refractivity contribution in [3.63, 3.8) is 0 Å². The summed E-state index contributed by atoms with van der Waals surface area (Å²) in [7, 11) is 0.